The molecule has 0 aliphatic rings. The molecular formula is C21H20FN3O3. The van der Waals surface area contributed by atoms with Crippen LogP contribution in [0.25, 0.3) is 11.4 Å². The molecule has 0 fully saturated rings. The van der Waals surface area contributed by atoms with E-state index in [0.717, 1.165) is 0 Å². The molecule has 1 heterocycles. The highest BCUT2D eigenvalue weighted by Crippen LogP contribution is 2.17. The summed E-state index contributed by atoms with van der Waals surface area (Å²) < 4.78 is 14.3. The van der Waals surface area contributed by atoms with Crippen molar-refractivity contribution in [1.82, 2.24) is 9.55 Å². The van der Waals surface area contributed by atoms with Gasteiger partial charge in [-0.3, -0.25) is 14.2 Å². The van der Waals surface area contributed by atoms with Crippen LogP contribution < -0.4 is 10.9 Å². The van der Waals surface area contributed by atoms with Crippen LogP contribution in [0, 0.1) is 12.7 Å². The standard InChI is InChI=1S/C21H20FN3O3/c1-14-18(11-12-26)21(28)25(20(23-14)15-5-3-2-4-6-15)13-19(27)24-17-9-7-16(22)8-10-17/h2-10,26H,11-13H2,1H3,(H,24,27). The Morgan fingerprint density at radius 2 is 1.82 bits per heavy atom. The molecule has 28 heavy (non-hydrogen) atoms. The molecule has 2 aromatic carbocycles. The topological polar surface area (TPSA) is 84.2 Å². The molecule has 1 amide bonds. The number of amides is 1. The molecule has 0 radical (unpaired) electrons. The van der Waals surface area contributed by atoms with Gasteiger partial charge in [-0.1, -0.05) is 30.3 Å². The molecule has 144 valence electrons. The van der Waals surface area contributed by atoms with Crippen molar-refractivity contribution in [3.05, 3.63) is 82.0 Å². The number of aryl methyl sites for hydroxylation is 1. The Kier molecular flexibility index (Phi) is 5.96. The maximum atomic E-state index is 13.0. The minimum Gasteiger partial charge on any atom is -0.396 e. The van der Waals surface area contributed by atoms with Gasteiger partial charge in [-0.05, 0) is 31.2 Å². The van der Waals surface area contributed by atoms with Gasteiger partial charge in [-0.15, -0.1) is 0 Å². The quantitative estimate of drug-likeness (QED) is 0.687. The van der Waals surface area contributed by atoms with Crippen molar-refractivity contribution in [2.75, 3.05) is 11.9 Å². The molecule has 2 N–H and O–H groups in total. The van der Waals surface area contributed by atoms with Crippen molar-refractivity contribution in [3.8, 4) is 11.4 Å². The van der Waals surface area contributed by atoms with E-state index in [9.17, 15) is 19.1 Å². The van der Waals surface area contributed by atoms with Gasteiger partial charge in [0.05, 0.1) is 0 Å². The van der Waals surface area contributed by atoms with Crippen molar-refractivity contribution >= 4 is 11.6 Å². The van der Waals surface area contributed by atoms with Crippen molar-refractivity contribution in [2.45, 2.75) is 19.9 Å². The van der Waals surface area contributed by atoms with Gasteiger partial charge < -0.3 is 10.4 Å². The van der Waals surface area contributed by atoms with Crippen molar-refractivity contribution < 1.29 is 14.3 Å². The number of carbonyl (C=O) groups excluding carboxylic acids is 1. The summed E-state index contributed by atoms with van der Waals surface area (Å²) >= 11 is 0. The van der Waals surface area contributed by atoms with Crippen molar-refractivity contribution in [1.29, 1.82) is 0 Å². The zero-order valence-corrected chi connectivity index (χ0v) is 15.4. The Morgan fingerprint density at radius 3 is 2.46 bits per heavy atom. The van der Waals surface area contributed by atoms with Crippen LogP contribution in [0.3, 0.4) is 0 Å². The largest absolute Gasteiger partial charge is 0.396 e. The smallest absolute Gasteiger partial charge is 0.257 e. The molecule has 0 aliphatic heterocycles. The highest BCUT2D eigenvalue weighted by Gasteiger charge is 2.17. The first-order valence-electron chi connectivity index (χ1n) is 8.81. The summed E-state index contributed by atoms with van der Waals surface area (Å²) in [5.41, 5.74) is 1.66. The monoisotopic (exact) mass is 381 g/mol. The predicted octanol–water partition coefficient (Wildman–Crippen LogP) is 2.53. The molecule has 0 aliphatic carbocycles. The zero-order valence-electron chi connectivity index (χ0n) is 15.4. The SMILES string of the molecule is Cc1nc(-c2ccccc2)n(CC(=O)Nc2ccc(F)cc2)c(=O)c1CCO. The number of hydrogen-bond donors (Lipinski definition) is 2. The van der Waals surface area contributed by atoms with Gasteiger partial charge in [0.15, 0.2) is 0 Å². The molecule has 3 aromatic rings. The number of benzene rings is 2. The lowest BCUT2D eigenvalue weighted by Gasteiger charge is -2.16. The Morgan fingerprint density at radius 1 is 1.14 bits per heavy atom. The zero-order chi connectivity index (χ0) is 20.1. The first-order valence-corrected chi connectivity index (χ1v) is 8.81. The number of nitrogens with zero attached hydrogens (tertiary/aromatic N) is 2. The fourth-order valence-electron chi connectivity index (χ4n) is 2.93. The second kappa shape index (κ2) is 8.58. The second-order valence-electron chi connectivity index (χ2n) is 6.29. The van der Waals surface area contributed by atoms with Crippen LogP contribution in [0.1, 0.15) is 11.3 Å². The second-order valence-corrected chi connectivity index (χ2v) is 6.29. The van der Waals surface area contributed by atoms with Gasteiger partial charge in [0, 0.05) is 35.5 Å². The molecule has 6 nitrogen and oxygen atoms in total. The molecule has 0 saturated heterocycles. The van der Waals surface area contributed by atoms with E-state index in [4.69, 9.17) is 0 Å². The Hall–Kier alpha value is -3.32. The lowest BCUT2D eigenvalue weighted by Crippen LogP contribution is -2.33. The number of aliphatic hydroxyl groups excluding tert-OH is 1. The van der Waals surface area contributed by atoms with Crippen LogP contribution in [0.5, 0.6) is 0 Å². The van der Waals surface area contributed by atoms with Crippen LogP contribution in [-0.2, 0) is 17.8 Å². The van der Waals surface area contributed by atoms with Crippen molar-refractivity contribution in [2.24, 2.45) is 0 Å². The Bertz CT molecular complexity index is 1030. The highest BCUT2D eigenvalue weighted by atomic mass is 19.1. The minimum absolute atomic E-state index is 0.159. The average molecular weight is 381 g/mol. The van der Waals surface area contributed by atoms with E-state index in [1.807, 2.05) is 18.2 Å². The third-order valence-electron chi connectivity index (χ3n) is 4.29. The van der Waals surface area contributed by atoms with E-state index in [0.29, 0.717) is 28.3 Å². The van der Waals surface area contributed by atoms with E-state index in [2.05, 4.69) is 10.3 Å². The maximum Gasteiger partial charge on any atom is 0.257 e. The molecular weight excluding hydrogens is 361 g/mol. The number of halogens is 1. The average Bonchev–Trinajstić information content (AvgIpc) is 2.69. The summed E-state index contributed by atoms with van der Waals surface area (Å²) in [6.07, 6.45) is 0.159. The van der Waals surface area contributed by atoms with Crippen LogP contribution >= 0.6 is 0 Å². The van der Waals surface area contributed by atoms with Gasteiger partial charge in [0.2, 0.25) is 5.91 Å². The van der Waals surface area contributed by atoms with Crippen LogP contribution in [0.4, 0.5) is 10.1 Å². The number of aromatic nitrogens is 2. The molecule has 0 saturated carbocycles. The lowest BCUT2D eigenvalue weighted by atomic mass is 10.1. The summed E-state index contributed by atoms with van der Waals surface area (Å²) in [6.45, 7) is 1.26. The number of rotatable bonds is 6. The Balaban J connectivity index is 1.99. The first kappa shape index (κ1) is 19.4. The van der Waals surface area contributed by atoms with Crippen LogP contribution in [0.15, 0.2) is 59.4 Å². The molecule has 0 atom stereocenters. The van der Waals surface area contributed by atoms with E-state index >= 15 is 0 Å². The maximum absolute atomic E-state index is 13.0. The number of anilines is 1. The van der Waals surface area contributed by atoms with Gasteiger partial charge in [0.25, 0.3) is 5.56 Å². The van der Waals surface area contributed by atoms with E-state index in [-0.39, 0.29) is 25.1 Å². The fraction of sp³-hybridized carbons (Fsp3) is 0.190. The van der Waals surface area contributed by atoms with Crippen LogP contribution in [-0.4, -0.2) is 27.2 Å². The van der Waals surface area contributed by atoms with Gasteiger partial charge >= 0.3 is 0 Å². The summed E-state index contributed by atoms with van der Waals surface area (Å²) in [5.74, 6) is -0.470. The third kappa shape index (κ3) is 4.32. The summed E-state index contributed by atoms with van der Waals surface area (Å²) in [7, 11) is 0. The molecule has 1 aromatic heterocycles. The summed E-state index contributed by atoms with van der Waals surface area (Å²) in [4.78, 5) is 30.0. The third-order valence-corrected chi connectivity index (χ3v) is 4.29. The van der Waals surface area contributed by atoms with Gasteiger partial charge in [0.1, 0.15) is 18.2 Å². The fourth-order valence-corrected chi connectivity index (χ4v) is 2.93. The van der Waals surface area contributed by atoms with Gasteiger partial charge in [-0.2, -0.15) is 0 Å². The van der Waals surface area contributed by atoms with E-state index in [1.165, 1.54) is 28.8 Å². The van der Waals surface area contributed by atoms with Crippen LogP contribution in [0.2, 0.25) is 0 Å². The predicted molar refractivity (Wildman–Crippen MR) is 104 cm³/mol. The highest BCUT2D eigenvalue weighted by molar-refractivity contribution is 5.90. The first-order chi connectivity index (χ1) is 13.5. The Labute approximate surface area is 161 Å². The molecule has 0 unspecified atom stereocenters. The summed E-state index contributed by atoms with van der Waals surface area (Å²) in [6, 6.07) is 14.5. The van der Waals surface area contributed by atoms with Crippen molar-refractivity contribution in [3.63, 3.8) is 0 Å². The lowest BCUT2D eigenvalue weighted by molar-refractivity contribution is -0.116. The minimum atomic E-state index is -0.438. The number of nitrogens with one attached hydrogen (secondary N) is 1. The number of aliphatic hydroxyl groups is 1. The molecule has 3 rings (SSSR count). The van der Waals surface area contributed by atoms with Gasteiger partial charge in [-0.25, -0.2) is 9.37 Å². The molecule has 0 spiro atoms. The van der Waals surface area contributed by atoms with E-state index in [1.54, 1.807) is 19.1 Å². The summed E-state index contributed by atoms with van der Waals surface area (Å²) in [5, 5.41) is 11.9. The van der Waals surface area contributed by atoms with E-state index < -0.39 is 11.7 Å². The number of hydrogen-bond acceptors (Lipinski definition) is 4. The molecule has 0 bridgehead atoms. The molecule has 7 heteroatoms. The number of carbonyl (C=O) groups is 1. The normalized spacial score (nSPS) is 10.7.